The van der Waals surface area contributed by atoms with Gasteiger partial charge in [0, 0.05) is 23.2 Å². The summed E-state index contributed by atoms with van der Waals surface area (Å²) in [7, 11) is 0. The summed E-state index contributed by atoms with van der Waals surface area (Å²) in [6.07, 6.45) is 0.0561. The van der Waals surface area contributed by atoms with Crippen LogP contribution in [0, 0.1) is 0 Å². The molecule has 0 aliphatic carbocycles. The van der Waals surface area contributed by atoms with Crippen LogP contribution in [0.25, 0.3) is 0 Å². The molecule has 1 atom stereocenters. The van der Waals surface area contributed by atoms with Crippen LogP contribution in [-0.2, 0) is 9.59 Å². The van der Waals surface area contributed by atoms with Gasteiger partial charge in [-0.2, -0.15) is 5.10 Å². The number of benzene rings is 2. The normalized spacial score (nSPS) is 18.1. The third kappa shape index (κ3) is 6.08. The summed E-state index contributed by atoms with van der Waals surface area (Å²) in [6.45, 7) is 4.23. The highest BCUT2D eigenvalue weighted by Crippen LogP contribution is 2.24. The van der Waals surface area contributed by atoms with Gasteiger partial charge in [0.2, 0.25) is 11.8 Å². The Bertz CT molecular complexity index is 992. The largest absolute Gasteiger partial charge is 0.494 e. The van der Waals surface area contributed by atoms with Crippen LogP contribution >= 0.6 is 23.4 Å². The quantitative estimate of drug-likeness (QED) is 0.518. The molecule has 3 rings (SSSR count). The molecule has 0 bridgehead atoms. The molecule has 30 heavy (non-hydrogen) atoms. The van der Waals surface area contributed by atoms with Gasteiger partial charge in [0.25, 0.3) is 0 Å². The van der Waals surface area contributed by atoms with Gasteiger partial charge in [-0.1, -0.05) is 41.6 Å². The Morgan fingerprint density at radius 2 is 2.07 bits per heavy atom. The van der Waals surface area contributed by atoms with Crippen LogP contribution in [-0.4, -0.2) is 34.6 Å². The van der Waals surface area contributed by atoms with Crippen LogP contribution in [0.1, 0.15) is 25.8 Å². The highest BCUT2D eigenvalue weighted by molar-refractivity contribution is 8.15. The van der Waals surface area contributed by atoms with E-state index in [0.29, 0.717) is 28.8 Å². The third-order valence-corrected chi connectivity index (χ3v) is 5.45. The van der Waals surface area contributed by atoms with Crippen molar-refractivity contribution < 1.29 is 14.3 Å². The number of hydrogen-bond acceptors (Lipinski definition) is 6. The molecule has 2 amide bonds. The summed E-state index contributed by atoms with van der Waals surface area (Å²) in [4.78, 5) is 24.7. The number of amides is 2. The van der Waals surface area contributed by atoms with E-state index in [2.05, 4.69) is 20.8 Å². The SMILES string of the molecule is CCOc1cccc(NC(=O)C2CC(=O)N/C(=N/N=C(/C)c3ccc(Cl)cc3)S2)c1. The first-order valence-corrected chi connectivity index (χ1v) is 10.6. The van der Waals surface area contributed by atoms with Crippen molar-refractivity contribution in [1.82, 2.24) is 5.32 Å². The Kier molecular flexibility index (Phi) is 7.48. The number of halogens is 1. The minimum Gasteiger partial charge on any atom is -0.494 e. The maximum Gasteiger partial charge on any atom is 0.238 e. The molecule has 1 saturated heterocycles. The van der Waals surface area contributed by atoms with E-state index >= 15 is 0 Å². The van der Waals surface area contributed by atoms with E-state index < -0.39 is 5.25 Å². The van der Waals surface area contributed by atoms with Crippen molar-refractivity contribution in [2.24, 2.45) is 10.2 Å². The fraction of sp³-hybridized carbons (Fsp3) is 0.238. The number of thioether (sulfide) groups is 1. The van der Waals surface area contributed by atoms with Crippen LogP contribution in [0.2, 0.25) is 5.02 Å². The van der Waals surface area contributed by atoms with Gasteiger partial charge in [-0.05, 0) is 43.7 Å². The number of carbonyl (C=O) groups excluding carboxylic acids is 2. The molecule has 0 aromatic heterocycles. The number of ether oxygens (including phenoxy) is 1. The number of rotatable bonds is 6. The second kappa shape index (κ2) is 10.3. The first-order valence-electron chi connectivity index (χ1n) is 9.33. The molecular formula is C21H21ClN4O3S. The molecule has 2 N–H and O–H groups in total. The van der Waals surface area contributed by atoms with Crippen molar-refractivity contribution >= 4 is 51.7 Å². The Hall–Kier alpha value is -2.84. The molecule has 2 aromatic rings. The van der Waals surface area contributed by atoms with Gasteiger partial charge in [0.05, 0.1) is 12.3 Å². The van der Waals surface area contributed by atoms with Crippen LogP contribution in [0.3, 0.4) is 0 Å². The van der Waals surface area contributed by atoms with E-state index in [-0.39, 0.29) is 23.4 Å². The average Bonchev–Trinajstić information content (AvgIpc) is 2.72. The lowest BCUT2D eigenvalue weighted by Crippen LogP contribution is -2.41. The lowest BCUT2D eigenvalue weighted by molar-refractivity contribution is -0.123. The third-order valence-electron chi connectivity index (χ3n) is 4.13. The Labute approximate surface area is 183 Å². The molecule has 156 valence electrons. The zero-order chi connectivity index (χ0) is 21.5. The van der Waals surface area contributed by atoms with Crippen LogP contribution in [0.15, 0.2) is 58.7 Å². The highest BCUT2D eigenvalue weighted by Gasteiger charge is 2.30. The molecule has 0 saturated carbocycles. The number of amidine groups is 1. The summed E-state index contributed by atoms with van der Waals surface area (Å²) in [5.41, 5.74) is 2.13. The molecule has 9 heteroatoms. The molecule has 7 nitrogen and oxygen atoms in total. The van der Waals surface area contributed by atoms with Crippen molar-refractivity contribution in [2.75, 3.05) is 11.9 Å². The van der Waals surface area contributed by atoms with E-state index in [1.807, 2.05) is 25.1 Å². The van der Waals surface area contributed by atoms with Gasteiger partial charge >= 0.3 is 0 Å². The average molecular weight is 445 g/mol. The molecule has 1 heterocycles. The van der Waals surface area contributed by atoms with E-state index in [4.69, 9.17) is 16.3 Å². The number of nitrogens with one attached hydrogen (secondary N) is 2. The summed E-state index contributed by atoms with van der Waals surface area (Å²) < 4.78 is 5.44. The van der Waals surface area contributed by atoms with Gasteiger partial charge in [0.15, 0.2) is 5.17 Å². The lowest BCUT2D eigenvalue weighted by atomic mass is 10.1. The van der Waals surface area contributed by atoms with Gasteiger partial charge in [-0.15, -0.1) is 5.10 Å². The maximum absolute atomic E-state index is 12.7. The van der Waals surface area contributed by atoms with Gasteiger partial charge < -0.3 is 15.4 Å². The van der Waals surface area contributed by atoms with Crippen molar-refractivity contribution in [3.05, 3.63) is 59.1 Å². The molecule has 0 radical (unpaired) electrons. The molecule has 1 aliphatic heterocycles. The first-order chi connectivity index (χ1) is 14.4. The van der Waals surface area contributed by atoms with Crippen LogP contribution in [0.4, 0.5) is 5.69 Å². The standard InChI is InChI=1S/C21H21ClN4O3S/c1-3-29-17-6-4-5-16(11-17)23-20(28)18-12-19(27)24-21(30-18)26-25-13(2)14-7-9-15(22)10-8-14/h4-11,18H,3,12H2,1-2H3,(H,23,28)(H,24,26,27)/b25-13-. The predicted octanol–water partition coefficient (Wildman–Crippen LogP) is 4.08. The van der Waals surface area contributed by atoms with Gasteiger partial charge in [0.1, 0.15) is 11.0 Å². The molecule has 1 unspecified atom stereocenters. The minimum atomic E-state index is -0.612. The van der Waals surface area contributed by atoms with E-state index in [0.717, 1.165) is 17.3 Å². The van der Waals surface area contributed by atoms with E-state index in [9.17, 15) is 9.59 Å². The zero-order valence-electron chi connectivity index (χ0n) is 16.5. The zero-order valence-corrected chi connectivity index (χ0v) is 18.1. The molecule has 2 aromatic carbocycles. The molecule has 1 fully saturated rings. The predicted molar refractivity (Wildman–Crippen MR) is 121 cm³/mol. The van der Waals surface area contributed by atoms with Gasteiger partial charge in [-0.25, -0.2) is 0 Å². The molecular weight excluding hydrogens is 424 g/mol. The fourth-order valence-corrected chi connectivity index (χ4v) is 3.72. The summed E-state index contributed by atoms with van der Waals surface area (Å²) in [5.74, 6) is 0.100. The topological polar surface area (TPSA) is 92.1 Å². The monoisotopic (exact) mass is 444 g/mol. The number of carbonyl (C=O) groups is 2. The van der Waals surface area contributed by atoms with E-state index in [1.54, 1.807) is 37.3 Å². The summed E-state index contributed by atoms with van der Waals surface area (Å²) >= 11 is 7.06. The Morgan fingerprint density at radius 1 is 1.30 bits per heavy atom. The first kappa shape index (κ1) is 21.9. The van der Waals surface area contributed by atoms with Crippen molar-refractivity contribution in [3.8, 4) is 5.75 Å². The van der Waals surface area contributed by atoms with Crippen molar-refractivity contribution in [3.63, 3.8) is 0 Å². The maximum atomic E-state index is 12.7. The lowest BCUT2D eigenvalue weighted by Gasteiger charge is -2.21. The second-order valence-electron chi connectivity index (χ2n) is 6.41. The number of hydrogen-bond donors (Lipinski definition) is 2. The van der Waals surface area contributed by atoms with Crippen molar-refractivity contribution in [1.29, 1.82) is 0 Å². The van der Waals surface area contributed by atoms with Crippen LogP contribution < -0.4 is 15.4 Å². The molecule has 1 aliphatic rings. The summed E-state index contributed by atoms with van der Waals surface area (Å²) in [6, 6.07) is 14.3. The van der Waals surface area contributed by atoms with Gasteiger partial charge in [-0.3, -0.25) is 9.59 Å². The molecule has 0 spiro atoms. The Balaban J connectivity index is 1.68. The Morgan fingerprint density at radius 3 is 2.80 bits per heavy atom. The van der Waals surface area contributed by atoms with Crippen molar-refractivity contribution in [2.45, 2.75) is 25.5 Å². The number of nitrogens with zero attached hydrogens (tertiary/aromatic N) is 2. The smallest absolute Gasteiger partial charge is 0.238 e. The minimum absolute atomic E-state index is 0.0561. The van der Waals surface area contributed by atoms with E-state index in [1.165, 1.54) is 0 Å². The number of anilines is 1. The second-order valence-corrected chi connectivity index (χ2v) is 8.03. The highest BCUT2D eigenvalue weighted by atomic mass is 35.5. The summed E-state index contributed by atoms with van der Waals surface area (Å²) in [5, 5.41) is 14.1. The fourth-order valence-electron chi connectivity index (χ4n) is 2.66. The van der Waals surface area contributed by atoms with Crippen LogP contribution in [0.5, 0.6) is 5.75 Å².